The van der Waals surface area contributed by atoms with Crippen LogP contribution in [0.4, 0.5) is 0 Å². The van der Waals surface area contributed by atoms with E-state index in [1.165, 1.54) is 5.56 Å². The van der Waals surface area contributed by atoms with Gasteiger partial charge in [-0.15, -0.1) is 0 Å². The maximum atomic E-state index is 10.3. The average Bonchev–Trinajstić information content (AvgIpc) is 2.49. The zero-order valence-corrected chi connectivity index (χ0v) is 13.5. The Labute approximate surface area is 128 Å². The second-order valence-corrected chi connectivity index (χ2v) is 6.32. The number of benzene rings is 1. The molecule has 21 heavy (non-hydrogen) atoms. The van der Waals surface area contributed by atoms with Crippen molar-refractivity contribution in [3.63, 3.8) is 0 Å². The first-order chi connectivity index (χ1) is 10.1. The molecule has 4 nitrogen and oxygen atoms in total. The fourth-order valence-corrected chi connectivity index (χ4v) is 2.59. The lowest BCUT2D eigenvalue weighted by Crippen LogP contribution is -2.51. The molecule has 0 amide bonds. The third-order valence-corrected chi connectivity index (χ3v) is 4.24. The molecule has 2 rings (SSSR count). The molecule has 2 N–H and O–H groups in total. The van der Waals surface area contributed by atoms with Crippen LogP contribution in [-0.2, 0) is 0 Å². The Kier molecular flexibility index (Phi) is 6.18. The highest BCUT2D eigenvalue weighted by Gasteiger charge is 2.14. The van der Waals surface area contributed by atoms with E-state index in [4.69, 9.17) is 0 Å². The number of nitrogens with zero attached hydrogens (tertiary/aromatic N) is 2. The van der Waals surface area contributed by atoms with Crippen LogP contribution in [0.1, 0.15) is 43.4 Å². The van der Waals surface area contributed by atoms with E-state index in [1.54, 1.807) is 0 Å². The third-order valence-electron chi connectivity index (χ3n) is 4.24. The number of aliphatic hydroxyl groups excluding tert-OH is 1. The summed E-state index contributed by atoms with van der Waals surface area (Å²) in [5.41, 5.74) is 5.75. The molecule has 1 heterocycles. The highest BCUT2D eigenvalue weighted by molar-refractivity contribution is 5.26. The lowest BCUT2D eigenvalue weighted by molar-refractivity contribution is 0.0921. The first-order valence-electron chi connectivity index (χ1n) is 8.01. The van der Waals surface area contributed by atoms with Crippen LogP contribution in [0.3, 0.4) is 0 Å². The molecular formula is C17H29N3O. The van der Waals surface area contributed by atoms with Crippen LogP contribution in [0.2, 0.25) is 0 Å². The monoisotopic (exact) mass is 291 g/mol. The van der Waals surface area contributed by atoms with Crippen LogP contribution in [-0.4, -0.2) is 54.8 Å². The summed E-state index contributed by atoms with van der Waals surface area (Å²) >= 11 is 0. The Morgan fingerprint density at radius 1 is 1.05 bits per heavy atom. The summed E-state index contributed by atoms with van der Waals surface area (Å²) in [6.07, 6.45) is 0.360. The number of rotatable bonds is 6. The Morgan fingerprint density at radius 3 is 2.19 bits per heavy atom. The van der Waals surface area contributed by atoms with Gasteiger partial charge in [0.2, 0.25) is 0 Å². The van der Waals surface area contributed by atoms with Crippen molar-refractivity contribution < 1.29 is 5.11 Å². The number of likely N-dealkylation sites (N-methyl/N-ethyl adjacent to an activating group) is 1. The third kappa shape index (κ3) is 5.08. The van der Waals surface area contributed by atoms with E-state index in [9.17, 15) is 5.11 Å². The Morgan fingerprint density at radius 2 is 1.62 bits per heavy atom. The topological polar surface area (TPSA) is 38.7 Å². The molecule has 1 aromatic carbocycles. The molecule has 0 radical (unpaired) electrons. The zero-order valence-electron chi connectivity index (χ0n) is 13.5. The summed E-state index contributed by atoms with van der Waals surface area (Å²) < 4.78 is 0. The molecule has 0 saturated carbocycles. The smallest absolute Gasteiger partial charge is 0.0802 e. The minimum absolute atomic E-state index is 0.383. The van der Waals surface area contributed by atoms with Crippen LogP contribution in [0, 0.1) is 0 Å². The van der Waals surface area contributed by atoms with Crippen LogP contribution >= 0.6 is 0 Å². The molecule has 1 atom stereocenters. The average molecular weight is 291 g/mol. The number of nitrogens with one attached hydrogen (secondary N) is 1. The predicted octanol–water partition coefficient (Wildman–Crippen LogP) is 1.99. The van der Waals surface area contributed by atoms with Gasteiger partial charge < -0.3 is 10.0 Å². The molecule has 1 saturated heterocycles. The molecule has 0 aliphatic carbocycles. The minimum Gasteiger partial charge on any atom is -0.388 e. The summed E-state index contributed by atoms with van der Waals surface area (Å²) in [5.74, 6) is 0.537. The molecule has 1 fully saturated rings. The van der Waals surface area contributed by atoms with Crippen molar-refractivity contribution in [3.05, 3.63) is 35.4 Å². The number of hydrogen-bond acceptors (Lipinski definition) is 4. The molecular weight excluding hydrogens is 262 g/mol. The van der Waals surface area contributed by atoms with Crippen molar-refractivity contribution in [2.75, 3.05) is 39.8 Å². The molecule has 1 aliphatic rings. The van der Waals surface area contributed by atoms with Gasteiger partial charge in [0.15, 0.2) is 0 Å². The second kappa shape index (κ2) is 7.90. The molecule has 1 aliphatic heterocycles. The lowest BCUT2D eigenvalue weighted by atomic mass is 9.99. The van der Waals surface area contributed by atoms with Gasteiger partial charge in [0.05, 0.1) is 6.10 Å². The van der Waals surface area contributed by atoms with E-state index < -0.39 is 0 Å². The van der Waals surface area contributed by atoms with Gasteiger partial charge in [-0.25, -0.2) is 5.01 Å². The fourth-order valence-electron chi connectivity index (χ4n) is 2.59. The Hall–Kier alpha value is -0.940. The molecule has 1 aromatic rings. The fraction of sp³-hybridized carbons (Fsp3) is 0.647. The van der Waals surface area contributed by atoms with Crippen molar-refractivity contribution in [1.29, 1.82) is 0 Å². The van der Waals surface area contributed by atoms with Gasteiger partial charge in [0.1, 0.15) is 0 Å². The first-order valence-corrected chi connectivity index (χ1v) is 8.01. The van der Waals surface area contributed by atoms with Crippen LogP contribution in [0.25, 0.3) is 0 Å². The van der Waals surface area contributed by atoms with Crippen molar-refractivity contribution >= 4 is 0 Å². The summed E-state index contributed by atoms with van der Waals surface area (Å²) in [5, 5.41) is 12.5. The number of hydrazine groups is 1. The largest absolute Gasteiger partial charge is 0.388 e. The predicted molar refractivity (Wildman–Crippen MR) is 87.2 cm³/mol. The SMILES string of the molecule is CC(C)c1ccc(C(O)CCNN2CCN(C)CC2)cc1. The van der Waals surface area contributed by atoms with Crippen LogP contribution < -0.4 is 5.43 Å². The molecule has 0 aromatic heterocycles. The van der Waals surface area contributed by atoms with E-state index in [0.717, 1.165) is 44.7 Å². The van der Waals surface area contributed by atoms with Crippen molar-refractivity contribution in [1.82, 2.24) is 15.3 Å². The van der Waals surface area contributed by atoms with Crippen molar-refractivity contribution in [3.8, 4) is 0 Å². The van der Waals surface area contributed by atoms with E-state index in [1.807, 2.05) is 0 Å². The summed E-state index contributed by atoms with van der Waals surface area (Å²) in [6.45, 7) is 9.50. The van der Waals surface area contributed by atoms with Gasteiger partial charge in [-0.2, -0.15) is 0 Å². The summed E-state index contributed by atoms with van der Waals surface area (Å²) in [4.78, 5) is 2.34. The van der Waals surface area contributed by atoms with E-state index in [0.29, 0.717) is 5.92 Å². The molecule has 1 unspecified atom stereocenters. The quantitative estimate of drug-likeness (QED) is 0.841. The lowest BCUT2D eigenvalue weighted by Gasteiger charge is -2.32. The highest BCUT2D eigenvalue weighted by atomic mass is 16.3. The second-order valence-electron chi connectivity index (χ2n) is 6.32. The van der Waals surface area contributed by atoms with Crippen LogP contribution in [0.15, 0.2) is 24.3 Å². The first kappa shape index (κ1) is 16.4. The van der Waals surface area contributed by atoms with Gasteiger partial charge in [0.25, 0.3) is 0 Å². The van der Waals surface area contributed by atoms with E-state index in [-0.39, 0.29) is 6.10 Å². The minimum atomic E-state index is -0.383. The normalized spacial score (nSPS) is 19.1. The highest BCUT2D eigenvalue weighted by Crippen LogP contribution is 2.20. The van der Waals surface area contributed by atoms with E-state index in [2.05, 4.69) is 60.5 Å². The zero-order chi connectivity index (χ0) is 15.2. The Balaban J connectivity index is 1.72. The number of aliphatic hydroxyl groups is 1. The standard InChI is InChI=1S/C17H29N3O/c1-14(2)15-4-6-16(7-5-15)17(21)8-9-18-20-12-10-19(3)11-13-20/h4-7,14,17-18,21H,8-13H2,1-3H3. The summed E-state index contributed by atoms with van der Waals surface area (Å²) in [6, 6.07) is 8.35. The molecule has 118 valence electrons. The maximum Gasteiger partial charge on any atom is 0.0802 e. The number of piperazine rings is 1. The number of hydrogen-bond donors (Lipinski definition) is 2. The molecule has 0 spiro atoms. The molecule has 0 bridgehead atoms. The van der Waals surface area contributed by atoms with Gasteiger partial charge in [-0.3, -0.25) is 5.43 Å². The van der Waals surface area contributed by atoms with Gasteiger partial charge >= 0.3 is 0 Å². The van der Waals surface area contributed by atoms with Crippen molar-refractivity contribution in [2.45, 2.75) is 32.3 Å². The molecule has 4 heteroatoms. The Bertz CT molecular complexity index is 411. The summed E-state index contributed by atoms with van der Waals surface area (Å²) in [7, 11) is 2.15. The van der Waals surface area contributed by atoms with Gasteiger partial charge in [-0.05, 0) is 30.5 Å². The van der Waals surface area contributed by atoms with Gasteiger partial charge in [-0.1, -0.05) is 38.1 Å². The van der Waals surface area contributed by atoms with Gasteiger partial charge in [0, 0.05) is 32.7 Å². The van der Waals surface area contributed by atoms with E-state index >= 15 is 0 Å². The van der Waals surface area contributed by atoms with Crippen LogP contribution in [0.5, 0.6) is 0 Å². The maximum absolute atomic E-state index is 10.3. The van der Waals surface area contributed by atoms with Crippen molar-refractivity contribution in [2.24, 2.45) is 0 Å².